The minimum atomic E-state index is -4.15. The lowest BCUT2D eigenvalue weighted by Crippen LogP contribution is -2.17. The Labute approximate surface area is 186 Å². The standard InChI is InChI=1S/C22H23N3O6S/c1-30-18-10-7-16(8-11-18)13-14-23-20-12-9-17(25(26)27)15-22(20)32(28,29)24-19-5-3-4-6-21(19)31-2/h3-12,15,23-24H,13-14H2,1-2H3. The molecule has 10 heteroatoms. The van der Waals surface area contributed by atoms with E-state index in [-0.39, 0.29) is 22.0 Å². The van der Waals surface area contributed by atoms with E-state index < -0.39 is 14.9 Å². The fourth-order valence-corrected chi connectivity index (χ4v) is 4.33. The Hall–Kier alpha value is -3.79. The summed E-state index contributed by atoms with van der Waals surface area (Å²) in [6.07, 6.45) is 0.612. The molecule has 0 aromatic heterocycles. The number of nitro benzene ring substituents is 1. The monoisotopic (exact) mass is 457 g/mol. The number of nitrogens with zero attached hydrogens (tertiary/aromatic N) is 1. The van der Waals surface area contributed by atoms with E-state index in [9.17, 15) is 18.5 Å². The van der Waals surface area contributed by atoms with Crippen molar-refractivity contribution in [3.05, 3.63) is 82.4 Å². The van der Waals surface area contributed by atoms with Crippen LogP contribution in [0, 0.1) is 10.1 Å². The van der Waals surface area contributed by atoms with Crippen molar-refractivity contribution in [3.63, 3.8) is 0 Å². The number of hydrogen-bond donors (Lipinski definition) is 2. The van der Waals surface area contributed by atoms with E-state index in [1.807, 2.05) is 24.3 Å². The van der Waals surface area contributed by atoms with Gasteiger partial charge in [0.2, 0.25) is 0 Å². The van der Waals surface area contributed by atoms with Crippen LogP contribution in [0.4, 0.5) is 17.1 Å². The second-order valence-electron chi connectivity index (χ2n) is 6.77. The summed E-state index contributed by atoms with van der Waals surface area (Å²) in [5.74, 6) is 1.07. The highest BCUT2D eigenvalue weighted by Crippen LogP contribution is 2.31. The largest absolute Gasteiger partial charge is 0.497 e. The predicted molar refractivity (Wildman–Crippen MR) is 122 cm³/mol. The van der Waals surface area contributed by atoms with E-state index in [4.69, 9.17) is 9.47 Å². The lowest BCUT2D eigenvalue weighted by Gasteiger charge is -2.15. The lowest BCUT2D eigenvalue weighted by molar-refractivity contribution is -0.385. The van der Waals surface area contributed by atoms with Crippen molar-refractivity contribution in [2.24, 2.45) is 0 Å². The first-order valence-corrected chi connectivity index (χ1v) is 11.1. The maximum Gasteiger partial charge on any atom is 0.270 e. The van der Waals surface area contributed by atoms with Gasteiger partial charge in [0.05, 0.1) is 30.5 Å². The van der Waals surface area contributed by atoms with Crippen LogP contribution in [-0.4, -0.2) is 34.1 Å². The summed E-state index contributed by atoms with van der Waals surface area (Å²) in [7, 11) is -1.14. The number of anilines is 2. The summed E-state index contributed by atoms with van der Waals surface area (Å²) in [4.78, 5) is 10.4. The number of hydrogen-bond acceptors (Lipinski definition) is 7. The second-order valence-corrected chi connectivity index (χ2v) is 8.42. The second kappa shape index (κ2) is 10.0. The molecule has 0 aliphatic heterocycles. The van der Waals surface area contributed by atoms with Crippen molar-refractivity contribution < 1.29 is 22.8 Å². The quantitative estimate of drug-likeness (QED) is 0.348. The molecule has 9 nitrogen and oxygen atoms in total. The molecule has 0 atom stereocenters. The molecule has 168 valence electrons. The van der Waals surface area contributed by atoms with Gasteiger partial charge in [-0.05, 0) is 42.3 Å². The number of non-ortho nitro benzene ring substituents is 1. The number of sulfonamides is 1. The molecule has 0 bridgehead atoms. The molecule has 0 saturated heterocycles. The van der Waals surface area contributed by atoms with Gasteiger partial charge in [0.15, 0.2) is 0 Å². The summed E-state index contributed by atoms with van der Waals surface area (Å²) in [6.45, 7) is 0.418. The zero-order chi connectivity index (χ0) is 23.1. The average molecular weight is 458 g/mol. The third-order valence-electron chi connectivity index (χ3n) is 4.71. The van der Waals surface area contributed by atoms with Gasteiger partial charge < -0.3 is 14.8 Å². The molecule has 0 amide bonds. The van der Waals surface area contributed by atoms with Gasteiger partial charge in [-0.15, -0.1) is 0 Å². The molecule has 2 N–H and O–H groups in total. The zero-order valence-corrected chi connectivity index (χ0v) is 18.4. The van der Waals surface area contributed by atoms with E-state index in [1.54, 1.807) is 31.4 Å². The van der Waals surface area contributed by atoms with E-state index in [0.29, 0.717) is 18.7 Å². The van der Waals surface area contributed by atoms with E-state index >= 15 is 0 Å². The van der Waals surface area contributed by atoms with Gasteiger partial charge >= 0.3 is 0 Å². The van der Waals surface area contributed by atoms with Crippen LogP contribution in [0.2, 0.25) is 0 Å². The zero-order valence-electron chi connectivity index (χ0n) is 17.6. The Morgan fingerprint density at radius 1 is 0.938 bits per heavy atom. The van der Waals surface area contributed by atoms with Gasteiger partial charge in [0, 0.05) is 18.7 Å². The highest BCUT2D eigenvalue weighted by atomic mass is 32.2. The summed E-state index contributed by atoms with van der Waals surface area (Å²) in [6, 6.07) is 17.7. The lowest BCUT2D eigenvalue weighted by atomic mass is 10.1. The highest BCUT2D eigenvalue weighted by molar-refractivity contribution is 7.93. The van der Waals surface area contributed by atoms with E-state index in [0.717, 1.165) is 17.4 Å². The molecule has 3 rings (SSSR count). The normalized spacial score (nSPS) is 10.9. The van der Waals surface area contributed by atoms with Crippen LogP contribution in [0.15, 0.2) is 71.6 Å². The van der Waals surface area contributed by atoms with Crippen LogP contribution in [0.5, 0.6) is 11.5 Å². The Kier molecular flexibility index (Phi) is 7.16. The van der Waals surface area contributed by atoms with Crippen molar-refractivity contribution >= 4 is 27.1 Å². The van der Waals surface area contributed by atoms with Gasteiger partial charge in [0.25, 0.3) is 15.7 Å². The fourth-order valence-electron chi connectivity index (χ4n) is 3.06. The number of para-hydroxylation sites is 2. The number of rotatable bonds is 10. The van der Waals surface area contributed by atoms with Gasteiger partial charge in [-0.25, -0.2) is 8.42 Å². The van der Waals surface area contributed by atoms with Gasteiger partial charge in [-0.3, -0.25) is 14.8 Å². The molecular formula is C22H23N3O6S. The van der Waals surface area contributed by atoms with Crippen LogP contribution in [0.3, 0.4) is 0 Å². The van der Waals surface area contributed by atoms with Gasteiger partial charge in [-0.1, -0.05) is 24.3 Å². The molecular weight excluding hydrogens is 434 g/mol. The summed E-state index contributed by atoms with van der Waals surface area (Å²) in [5, 5.41) is 14.3. The molecule has 3 aromatic rings. The van der Waals surface area contributed by atoms with Crippen LogP contribution in [0.25, 0.3) is 0 Å². The molecule has 0 fully saturated rings. The molecule has 0 heterocycles. The summed E-state index contributed by atoms with van der Waals surface area (Å²) in [5.41, 5.74) is 1.18. The van der Waals surface area contributed by atoms with Crippen molar-refractivity contribution in [1.82, 2.24) is 0 Å². The van der Waals surface area contributed by atoms with Crippen molar-refractivity contribution in [2.45, 2.75) is 11.3 Å². The molecule has 0 aliphatic rings. The van der Waals surface area contributed by atoms with Crippen LogP contribution in [-0.2, 0) is 16.4 Å². The maximum atomic E-state index is 13.1. The molecule has 0 spiro atoms. The Morgan fingerprint density at radius 2 is 1.66 bits per heavy atom. The van der Waals surface area contributed by atoms with Crippen molar-refractivity contribution in [1.29, 1.82) is 0 Å². The Morgan fingerprint density at radius 3 is 2.31 bits per heavy atom. The maximum absolute atomic E-state index is 13.1. The topological polar surface area (TPSA) is 120 Å². The molecule has 0 aliphatic carbocycles. The molecule has 0 unspecified atom stereocenters. The number of ether oxygens (including phenoxy) is 2. The molecule has 3 aromatic carbocycles. The third-order valence-corrected chi connectivity index (χ3v) is 6.11. The first-order chi connectivity index (χ1) is 15.3. The first-order valence-electron chi connectivity index (χ1n) is 9.65. The number of benzene rings is 3. The molecule has 32 heavy (non-hydrogen) atoms. The Balaban J connectivity index is 1.85. The molecule has 0 saturated carbocycles. The highest BCUT2D eigenvalue weighted by Gasteiger charge is 2.23. The van der Waals surface area contributed by atoms with Crippen LogP contribution in [0.1, 0.15) is 5.56 Å². The summed E-state index contributed by atoms with van der Waals surface area (Å²) >= 11 is 0. The predicted octanol–water partition coefficient (Wildman–Crippen LogP) is 4.07. The minimum Gasteiger partial charge on any atom is -0.497 e. The van der Waals surface area contributed by atoms with E-state index in [2.05, 4.69) is 10.0 Å². The average Bonchev–Trinajstić information content (AvgIpc) is 2.79. The van der Waals surface area contributed by atoms with Crippen LogP contribution < -0.4 is 19.5 Å². The fraction of sp³-hybridized carbons (Fsp3) is 0.182. The van der Waals surface area contributed by atoms with E-state index in [1.165, 1.54) is 19.2 Å². The molecule has 0 radical (unpaired) electrons. The number of nitro groups is 1. The minimum absolute atomic E-state index is 0.227. The smallest absolute Gasteiger partial charge is 0.270 e. The van der Waals surface area contributed by atoms with Crippen molar-refractivity contribution in [3.8, 4) is 11.5 Å². The SMILES string of the molecule is COc1ccc(CCNc2ccc([N+](=O)[O-])cc2S(=O)(=O)Nc2ccccc2OC)cc1. The third kappa shape index (κ3) is 5.46. The number of nitrogens with one attached hydrogen (secondary N) is 2. The van der Waals surface area contributed by atoms with Crippen molar-refractivity contribution in [2.75, 3.05) is 30.8 Å². The summed E-state index contributed by atoms with van der Waals surface area (Å²) < 4.78 is 39.0. The Bertz CT molecular complexity index is 1200. The van der Waals surface area contributed by atoms with Crippen LogP contribution >= 0.6 is 0 Å². The number of methoxy groups -OCH3 is 2. The van der Waals surface area contributed by atoms with Gasteiger partial charge in [0.1, 0.15) is 16.4 Å². The van der Waals surface area contributed by atoms with Gasteiger partial charge in [-0.2, -0.15) is 0 Å². The first kappa shape index (κ1) is 22.9.